The van der Waals surface area contributed by atoms with Crippen molar-refractivity contribution in [3.8, 4) is 0 Å². The summed E-state index contributed by atoms with van der Waals surface area (Å²) in [5, 5.41) is 23.0. The van der Waals surface area contributed by atoms with E-state index in [9.17, 15) is 37.5 Å². The average Bonchev–Trinajstić information content (AvgIpc) is 3.83. The Morgan fingerprint density at radius 3 is 2.37 bits per heavy atom. The molecule has 3 fully saturated rings. The lowest BCUT2D eigenvalue weighted by Gasteiger charge is -2.36. The smallest absolute Gasteiger partial charge is 0.264 e. The molecule has 354 valence electrons. The highest BCUT2D eigenvalue weighted by Crippen LogP contribution is 2.33. The van der Waals surface area contributed by atoms with Crippen LogP contribution in [0, 0.1) is 11.6 Å². The van der Waals surface area contributed by atoms with E-state index in [1.54, 1.807) is 18.2 Å². The molecule has 0 radical (unpaired) electrons. The van der Waals surface area contributed by atoms with Crippen molar-refractivity contribution in [3.63, 3.8) is 0 Å². The second-order valence-electron chi connectivity index (χ2n) is 17.5. The van der Waals surface area contributed by atoms with Gasteiger partial charge >= 0.3 is 0 Å². The first kappa shape index (κ1) is 45.9. The Morgan fingerprint density at radius 1 is 0.809 bits per heavy atom. The van der Waals surface area contributed by atoms with Crippen molar-refractivity contribution < 1.29 is 42.3 Å². The molecule has 5 heterocycles. The first-order valence-electron chi connectivity index (χ1n) is 23.0. The van der Waals surface area contributed by atoms with Gasteiger partial charge in [-0.3, -0.25) is 49.0 Å². The minimum atomic E-state index is -1.04. The van der Waals surface area contributed by atoms with Gasteiger partial charge in [0.15, 0.2) is 5.82 Å². The van der Waals surface area contributed by atoms with Gasteiger partial charge in [0.2, 0.25) is 17.7 Å². The zero-order chi connectivity index (χ0) is 47.3. The lowest BCUT2D eigenvalue weighted by Crippen LogP contribution is -2.54. The summed E-state index contributed by atoms with van der Waals surface area (Å²) in [7, 11) is 0. The molecule has 5 aromatic rings. The molecule has 4 aliphatic heterocycles. The highest BCUT2D eigenvalue weighted by Gasteiger charge is 2.45. The van der Waals surface area contributed by atoms with Gasteiger partial charge in [-0.2, -0.15) is 5.10 Å². The Morgan fingerprint density at radius 2 is 1.59 bits per heavy atom. The molecule has 4 aliphatic rings. The topological polar surface area (TPSA) is 210 Å². The molecule has 4 aromatic carbocycles. The Balaban J connectivity index is 0.753. The minimum absolute atomic E-state index is 0.0469. The Hall–Kier alpha value is -7.25. The number of aromatic nitrogens is 2. The maximum Gasteiger partial charge on any atom is 0.264 e. The van der Waals surface area contributed by atoms with Crippen LogP contribution in [0.15, 0.2) is 72.8 Å². The molecule has 68 heavy (non-hydrogen) atoms. The molecule has 1 atom stereocenters. The summed E-state index contributed by atoms with van der Waals surface area (Å²) in [5.74, 6) is -3.60. The number of H-pyrrole nitrogens is 1. The lowest BCUT2D eigenvalue weighted by molar-refractivity contribution is -0.136. The summed E-state index contributed by atoms with van der Waals surface area (Å²) in [4.78, 5) is 82.9. The number of anilines is 4. The van der Waals surface area contributed by atoms with Crippen LogP contribution in [0.4, 0.5) is 31.7 Å². The summed E-state index contributed by atoms with van der Waals surface area (Å²) < 4.78 is 33.4. The molecular weight excluding hydrogens is 879 g/mol. The number of carbonyl (C=O) groups is 6. The van der Waals surface area contributed by atoms with Crippen molar-refractivity contribution in [1.29, 1.82) is 0 Å². The number of aromatic amines is 1. The third kappa shape index (κ3) is 10.3. The Kier molecular flexibility index (Phi) is 13.7. The number of carbonyl (C=O) groups excluding carboxylic acids is 6. The van der Waals surface area contributed by atoms with E-state index in [1.165, 1.54) is 12.1 Å². The number of hydrogen-bond donors (Lipinski definition) is 6. The van der Waals surface area contributed by atoms with E-state index in [0.717, 1.165) is 35.1 Å². The van der Waals surface area contributed by atoms with Crippen LogP contribution in [0.1, 0.15) is 80.7 Å². The molecule has 0 aliphatic carbocycles. The highest BCUT2D eigenvalue weighted by atomic mass is 19.1. The van der Waals surface area contributed by atoms with Crippen LogP contribution in [0.25, 0.3) is 10.9 Å². The maximum absolute atomic E-state index is 14.0. The van der Waals surface area contributed by atoms with Crippen molar-refractivity contribution in [2.24, 2.45) is 0 Å². The number of unbranched alkanes of at least 4 members (excludes halogenated alkanes) is 1. The monoisotopic (exact) mass is 930 g/mol. The van der Waals surface area contributed by atoms with Crippen LogP contribution in [0.2, 0.25) is 0 Å². The molecule has 6 N–H and O–H groups in total. The van der Waals surface area contributed by atoms with Gasteiger partial charge in [-0.1, -0.05) is 12.1 Å². The third-order valence-corrected chi connectivity index (χ3v) is 12.8. The summed E-state index contributed by atoms with van der Waals surface area (Å²) in [6.07, 6.45) is 3.36. The van der Waals surface area contributed by atoms with Crippen LogP contribution < -0.4 is 31.5 Å². The highest BCUT2D eigenvalue weighted by molar-refractivity contribution is 6.25. The van der Waals surface area contributed by atoms with Crippen molar-refractivity contribution >= 4 is 69.2 Å². The summed E-state index contributed by atoms with van der Waals surface area (Å²) >= 11 is 0. The van der Waals surface area contributed by atoms with Crippen LogP contribution >= 0.6 is 0 Å². The third-order valence-electron chi connectivity index (χ3n) is 12.8. The van der Waals surface area contributed by atoms with Gasteiger partial charge in [0.1, 0.15) is 17.7 Å². The van der Waals surface area contributed by atoms with Crippen LogP contribution in [0.3, 0.4) is 0 Å². The van der Waals surface area contributed by atoms with E-state index in [2.05, 4.69) is 46.6 Å². The fourth-order valence-corrected chi connectivity index (χ4v) is 9.28. The van der Waals surface area contributed by atoms with Gasteiger partial charge in [-0.25, -0.2) is 8.78 Å². The zero-order valence-electron chi connectivity index (χ0n) is 37.3. The number of piperazine rings is 1. The molecule has 0 bridgehead atoms. The number of benzene rings is 4. The quantitative estimate of drug-likeness (QED) is 0.0582. The molecule has 0 saturated carbocycles. The molecule has 9 rings (SSSR count). The zero-order valence-corrected chi connectivity index (χ0v) is 37.3. The second kappa shape index (κ2) is 20.3. The van der Waals surface area contributed by atoms with Crippen molar-refractivity contribution in [2.75, 3.05) is 79.9 Å². The molecule has 0 spiro atoms. The molecule has 19 heteroatoms. The van der Waals surface area contributed by atoms with E-state index in [4.69, 9.17) is 4.74 Å². The summed E-state index contributed by atoms with van der Waals surface area (Å²) in [5.41, 5.74) is 4.97. The number of imide groups is 2. The largest absolute Gasteiger partial charge is 0.384 e. The first-order chi connectivity index (χ1) is 33.0. The number of rotatable bonds is 16. The predicted molar refractivity (Wildman–Crippen MR) is 250 cm³/mol. The van der Waals surface area contributed by atoms with E-state index >= 15 is 0 Å². The number of nitrogens with one attached hydrogen (secondary N) is 6. The molecule has 17 nitrogen and oxygen atoms in total. The van der Waals surface area contributed by atoms with E-state index < -0.39 is 41.3 Å². The van der Waals surface area contributed by atoms with E-state index in [0.29, 0.717) is 111 Å². The molecule has 6 amide bonds. The van der Waals surface area contributed by atoms with E-state index in [1.807, 2.05) is 36.4 Å². The van der Waals surface area contributed by atoms with Crippen molar-refractivity contribution in [1.82, 2.24) is 30.6 Å². The van der Waals surface area contributed by atoms with Gasteiger partial charge in [-0.05, 0) is 104 Å². The normalized spacial score (nSPS) is 17.9. The molecular formula is C49H52F2N10O7. The number of ether oxygens (including phenoxy) is 1. The SMILES string of the molecule is O=C(CN1CCN(c2ccc(C(=O)Nc3n[nH]c4ccc(Cc5cc(F)cc(F)c5)cc34)c(NC3CCOCC3)c2)CC1)NCCCCNc1cccc2c1C(=O)N(C1CCC(=O)NC1=O)C2=O. The second-order valence-corrected chi connectivity index (χ2v) is 17.5. The fourth-order valence-electron chi connectivity index (χ4n) is 9.28. The van der Waals surface area contributed by atoms with Gasteiger partial charge in [-0.15, -0.1) is 0 Å². The Bertz CT molecular complexity index is 2750. The van der Waals surface area contributed by atoms with Gasteiger partial charge < -0.3 is 30.9 Å². The van der Waals surface area contributed by atoms with Crippen LogP contribution in [-0.2, 0) is 25.5 Å². The molecule has 3 saturated heterocycles. The van der Waals surface area contributed by atoms with E-state index in [-0.39, 0.29) is 48.4 Å². The van der Waals surface area contributed by atoms with Crippen LogP contribution in [0.5, 0.6) is 0 Å². The molecule has 1 aromatic heterocycles. The summed E-state index contributed by atoms with van der Waals surface area (Å²) in [6, 6.07) is 18.7. The van der Waals surface area contributed by atoms with Crippen LogP contribution in [-0.4, -0.2) is 127 Å². The fraction of sp³-hybridized carbons (Fsp3) is 0.367. The number of nitrogens with zero attached hydrogens (tertiary/aromatic N) is 4. The van der Waals surface area contributed by atoms with Crippen molar-refractivity contribution in [3.05, 3.63) is 112 Å². The Labute approximate surface area is 390 Å². The van der Waals surface area contributed by atoms with Gasteiger partial charge in [0.25, 0.3) is 17.7 Å². The maximum atomic E-state index is 14.0. The number of halogens is 2. The first-order valence-corrected chi connectivity index (χ1v) is 23.0. The standard InChI is InChI=1S/C49H52F2N10O7/c50-31-23-30(24-32(51)26-31)22-29-6-9-38-37(25-29)45(58-57-38)56-46(64)35-8-7-34(27-40(35)54-33-12-20-68-21-13-33)60-18-16-59(17-19-60)28-43(63)53-15-2-1-14-52-39-5-3-4-36-44(39)49(67)61(48(36)66)41-10-11-42(62)55-47(41)65/h3-9,23-27,33,41,52,54H,1-2,10-22,28H2,(H,53,63)(H,55,62,65)(H2,56,57,58,64). The number of hydrogen-bond acceptors (Lipinski definition) is 12. The van der Waals surface area contributed by atoms with Crippen molar-refractivity contribution in [2.45, 2.75) is 57.0 Å². The lowest BCUT2D eigenvalue weighted by atomic mass is 10.0. The number of piperidine rings is 1. The minimum Gasteiger partial charge on any atom is -0.384 e. The summed E-state index contributed by atoms with van der Waals surface area (Å²) in [6.45, 7) is 5.11. The number of fused-ring (bicyclic) bond motifs is 2. The average molecular weight is 931 g/mol. The van der Waals surface area contributed by atoms with Gasteiger partial charge in [0, 0.05) is 93.5 Å². The van der Waals surface area contributed by atoms with Gasteiger partial charge in [0.05, 0.1) is 28.8 Å². The number of amides is 6. The predicted octanol–water partition coefficient (Wildman–Crippen LogP) is 4.81. The molecule has 1 unspecified atom stereocenters.